The van der Waals surface area contributed by atoms with Gasteiger partial charge in [-0.25, -0.2) is 4.98 Å². The van der Waals surface area contributed by atoms with Crippen LogP contribution in [-0.2, 0) is 13.2 Å². The molecule has 0 aliphatic carbocycles. The van der Waals surface area contributed by atoms with Crippen LogP contribution in [-0.4, -0.2) is 11.5 Å². The molecule has 0 amide bonds. The first-order valence-corrected chi connectivity index (χ1v) is 8.09. The van der Waals surface area contributed by atoms with Crippen LogP contribution < -0.4 is 10.1 Å². The van der Waals surface area contributed by atoms with Crippen molar-refractivity contribution >= 4 is 34.5 Å². The lowest BCUT2D eigenvalue weighted by Gasteiger charge is -2.14. The van der Waals surface area contributed by atoms with E-state index in [2.05, 4.69) is 17.2 Å². The highest BCUT2D eigenvalue weighted by atomic mass is 35.5. The lowest BCUT2D eigenvalue weighted by Crippen LogP contribution is -2.15. The van der Waals surface area contributed by atoms with E-state index in [4.69, 9.17) is 27.9 Å². The van der Waals surface area contributed by atoms with Gasteiger partial charge in [0.1, 0.15) is 12.4 Å². The molecule has 0 aliphatic heterocycles. The van der Waals surface area contributed by atoms with Crippen molar-refractivity contribution in [1.29, 1.82) is 0 Å². The van der Waals surface area contributed by atoms with Gasteiger partial charge in [0.25, 0.3) is 0 Å². The second-order valence-corrected chi connectivity index (χ2v) is 5.88. The fraction of sp³-hybridized carbons (Fsp3) is 0.357. The minimum atomic E-state index is 0.408. The third-order valence-electron chi connectivity index (χ3n) is 2.68. The zero-order chi connectivity index (χ0) is 14.4. The number of aromatic nitrogens is 1. The third kappa shape index (κ3) is 4.35. The summed E-state index contributed by atoms with van der Waals surface area (Å²) in [6.45, 7) is 4.15. The Morgan fingerprint density at radius 2 is 2.20 bits per heavy atom. The fourth-order valence-corrected chi connectivity index (χ4v) is 2.89. The van der Waals surface area contributed by atoms with Crippen molar-refractivity contribution in [3.63, 3.8) is 0 Å². The molecule has 108 valence electrons. The predicted octanol–water partition coefficient (Wildman–Crippen LogP) is 4.53. The highest BCUT2D eigenvalue weighted by molar-refractivity contribution is 7.07. The third-order valence-corrected chi connectivity index (χ3v) is 3.81. The molecule has 3 nitrogen and oxygen atoms in total. The number of rotatable bonds is 7. The van der Waals surface area contributed by atoms with Crippen molar-refractivity contribution in [1.82, 2.24) is 10.3 Å². The smallest absolute Gasteiger partial charge is 0.143 e. The van der Waals surface area contributed by atoms with E-state index in [1.54, 1.807) is 22.9 Å². The normalized spacial score (nSPS) is 10.8. The van der Waals surface area contributed by atoms with Crippen LogP contribution in [0.25, 0.3) is 0 Å². The average Bonchev–Trinajstić information content (AvgIpc) is 2.91. The summed E-state index contributed by atoms with van der Waals surface area (Å²) < 4.78 is 5.81. The molecular weight excluding hydrogens is 315 g/mol. The Labute approximate surface area is 132 Å². The molecule has 0 radical (unpaired) electrons. The Kier molecular flexibility index (Phi) is 6.10. The summed E-state index contributed by atoms with van der Waals surface area (Å²) in [4.78, 5) is 4.19. The number of hydrogen-bond donors (Lipinski definition) is 1. The molecule has 0 fully saturated rings. The topological polar surface area (TPSA) is 34.1 Å². The van der Waals surface area contributed by atoms with Gasteiger partial charge in [0.2, 0.25) is 0 Å². The highest BCUT2D eigenvalue weighted by Gasteiger charge is 2.11. The Hall–Kier alpha value is -0.810. The second kappa shape index (κ2) is 7.84. The van der Waals surface area contributed by atoms with Gasteiger partial charge in [-0.2, -0.15) is 0 Å². The first-order valence-electron chi connectivity index (χ1n) is 6.39. The zero-order valence-electron chi connectivity index (χ0n) is 11.2. The number of nitrogens with zero attached hydrogens (tertiary/aromatic N) is 1. The molecule has 6 heteroatoms. The van der Waals surface area contributed by atoms with Gasteiger partial charge in [0, 0.05) is 22.5 Å². The first kappa shape index (κ1) is 15.6. The minimum Gasteiger partial charge on any atom is -0.485 e. The van der Waals surface area contributed by atoms with Gasteiger partial charge in [0.05, 0.1) is 16.2 Å². The number of nitrogens with one attached hydrogen (secondary N) is 1. The molecule has 0 saturated carbocycles. The van der Waals surface area contributed by atoms with Crippen molar-refractivity contribution in [2.45, 2.75) is 26.5 Å². The van der Waals surface area contributed by atoms with Gasteiger partial charge >= 0.3 is 0 Å². The van der Waals surface area contributed by atoms with Crippen molar-refractivity contribution in [3.8, 4) is 5.75 Å². The molecule has 0 aliphatic rings. The van der Waals surface area contributed by atoms with Crippen LogP contribution in [0, 0.1) is 0 Å². The Morgan fingerprint density at radius 3 is 2.90 bits per heavy atom. The van der Waals surface area contributed by atoms with Crippen LogP contribution >= 0.6 is 34.5 Å². The Bertz CT molecular complexity index is 546. The predicted molar refractivity (Wildman–Crippen MR) is 84.9 cm³/mol. The maximum Gasteiger partial charge on any atom is 0.143 e. The van der Waals surface area contributed by atoms with Crippen molar-refractivity contribution < 1.29 is 4.74 Å². The molecule has 1 aromatic carbocycles. The number of thiazole rings is 1. The van der Waals surface area contributed by atoms with Crippen molar-refractivity contribution in [2.75, 3.05) is 6.54 Å². The zero-order valence-corrected chi connectivity index (χ0v) is 13.5. The molecule has 1 heterocycles. The van der Waals surface area contributed by atoms with Gasteiger partial charge in [-0.05, 0) is 25.1 Å². The van der Waals surface area contributed by atoms with E-state index >= 15 is 0 Å². The van der Waals surface area contributed by atoms with Crippen LogP contribution in [0.4, 0.5) is 0 Å². The number of halogens is 2. The second-order valence-electron chi connectivity index (χ2n) is 4.32. The summed E-state index contributed by atoms with van der Waals surface area (Å²) in [6, 6.07) is 3.58. The minimum absolute atomic E-state index is 0.408. The standard InChI is InChI=1S/C14H16Cl2N2OS/c1-2-3-17-6-10-4-11(15)5-13(16)14(10)19-7-12-8-20-9-18-12/h4-5,8-9,17H,2-3,6-7H2,1H3. The summed E-state index contributed by atoms with van der Waals surface area (Å²) in [7, 11) is 0. The van der Waals surface area contributed by atoms with Gasteiger partial charge < -0.3 is 10.1 Å². The summed E-state index contributed by atoms with van der Waals surface area (Å²) in [5.41, 5.74) is 3.64. The molecule has 0 unspecified atom stereocenters. The Balaban J connectivity index is 2.11. The summed E-state index contributed by atoms with van der Waals surface area (Å²) in [6.07, 6.45) is 1.07. The van der Waals surface area contributed by atoms with Gasteiger partial charge in [-0.15, -0.1) is 11.3 Å². The maximum absolute atomic E-state index is 6.23. The Morgan fingerprint density at radius 1 is 1.35 bits per heavy atom. The van der Waals surface area contributed by atoms with Crippen LogP contribution in [0.3, 0.4) is 0 Å². The van der Waals surface area contributed by atoms with E-state index in [1.807, 2.05) is 11.4 Å². The van der Waals surface area contributed by atoms with E-state index in [-0.39, 0.29) is 0 Å². The molecular formula is C14H16Cl2N2OS. The van der Waals surface area contributed by atoms with Crippen molar-refractivity contribution in [2.24, 2.45) is 0 Å². The first-order chi connectivity index (χ1) is 9.70. The molecule has 1 aromatic heterocycles. The van der Waals surface area contributed by atoms with E-state index in [0.717, 1.165) is 24.2 Å². The number of ether oxygens (including phenoxy) is 1. The van der Waals surface area contributed by atoms with Gasteiger partial charge in [0.15, 0.2) is 0 Å². The molecule has 0 bridgehead atoms. The van der Waals surface area contributed by atoms with E-state index in [0.29, 0.717) is 28.9 Å². The van der Waals surface area contributed by atoms with Gasteiger partial charge in [-0.1, -0.05) is 30.1 Å². The van der Waals surface area contributed by atoms with Crippen LogP contribution in [0.2, 0.25) is 10.0 Å². The van der Waals surface area contributed by atoms with Crippen molar-refractivity contribution in [3.05, 3.63) is 44.3 Å². The molecule has 0 spiro atoms. The van der Waals surface area contributed by atoms with E-state index in [1.165, 1.54) is 0 Å². The van der Waals surface area contributed by atoms with E-state index < -0.39 is 0 Å². The van der Waals surface area contributed by atoms with E-state index in [9.17, 15) is 0 Å². The SMILES string of the molecule is CCCNCc1cc(Cl)cc(Cl)c1OCc1cscn1. The molecule has 0 saturated heterocycles. The largest absolute Gasteiger partial charge is 0.485 e. The maximum atomic E-state index is 6.23. The monoisotopic (exact) mass is 330 g/mol. The lowest BCUT2D eigenvalue weighted by atomic mass is 10.2. The lowest BCUT2D eigenvalue weighted by molar-refractivity contribution is 0.298. The molecule has 2 aromatic rings. The van der Waals surface area contributed by atoms with Crippen LogP contribution in [0.15, 0.2) is 23.0 Å². The quantitative estimate of drug-likeness (QED) is 0.757. The summed E-state index contributed by atoms with van der Waals surface area (Å²) in [5.74, 6) is 0.674. The molecule has 20 heavy (non-hydrogen) atoms. The summed E-state index contributed by atoms with van der Waals surface area (Å²) in [5, 5.41) is 6.43. The number of benzene rings is 1. The number of hydrogen-bond acceptors (Lipinski definition) is 4. The molecule has 2 rings (SSSR count). The molecule has 1 N–H and O–H groups in total. The highest BCUT2D eigenvalue weighted by Crippen LogP contribution is 2.33. The average molecular weight is 331 g/mol. The van der Waals surface area contributed by atoms with Crippen LogP contribution in [0.5, 0.6) is 5.75 Å². The summed E-state index contributed by atoms with van der Waals surface area (Å²) >= 11 is 13.8. The fourth-order valence-electron chi connectivity index (χ4n) is 1.76. The molecule has 0 atom stereocenters. The van der Waals surface area contributed by atoms with Gasteiger partial charge in [-0.3, -0.25) is 0 Å². The van der Waals surface area contributed by atoms with Crippen LogP contribution in [0.1, 0.15) is 24.6 Å².